The molecule has 0 saturated carbocycles. The summed E-state index contributed by atoms with van der Waals surface area (Å²) in [7, 11) is 1.51. The van der Waals surface area contributed by atoms with Gasteiger partial charge in [0.1, 0.15) is 11.5 Å². The number of carbonyl (C=O) groups is 1. The Kier molecular flexibility index (Phi) is 3.06. The molecule has 0 fully saturated rings. The van der Waals surface area contributed by atoms with Gasteiger partial charge in [0.2, 0.25) is 5.76 Å². The number of carboxylic acids is 1. The maximum absolute atomic E-state index is 10.7. The van der Waals surface area contributed by atoms with E-state index in [2.05, 4.69) is 0 Å². The molecule has 0 bridgehead atoms. The van der Waals surface area contributed by atoms with Gasteiger partial charge in [-0.1, -0.05) is 11.6 Å². The summed E-state index contributed by atoms with van der Waals surface area (Å²) < 4.78 is 10.2. The molecule has 0 aliphatic carbocycles. The monoisotopic (exact) mass is 252 g/mol. The van der Waals surface area contributed by atoms with Crippen LogP contribution >= 0.6 is 11.6 Å². The van der Waals surface area contributed by atoms with Gasteiger partial charge >= 0.3 is 5.97 Å². The van der Waals surface area contributed by atoms with Crippen molar-refractivity contribution in [2.24, 2.45) is 0 Å². The fraction of sp³-hybridized carbons (Fsp3) is 0.0833. The molecule has 17 heavy (non-hydrogen) atoms. The Labute approximate surface area is 102 Å². The lowest BCUT2D eigenvalue weighted by Gasteiger charge is -2.04. The van der Waals surface area contributed by atoms with Gasteiger partial charge in [-0.05, 0) is 30.3 Å². The molecule has 0 amide bonds. The molecule has 0 atom stereocenters. The lowest BCUT2D eigenvalue weighted by Crippen LogP contribution is -1.91. The predicted molar refractivity (Wildman–Crippen MR) is 62.7 cm³/mol. The van der Waals surface area contributed by atoms with Crippen LogP contribution in [0, 0.1) is 0 Å². The second-order valence-electron chi connectivity index (χ2n) is 3.32. The summed E-state index contributed by atoms with van der Waals surface area (Å²) >= 11 is 5.89. The number of aromatic carboxylic acids is 1. The summed E-state index contributed by atoms with van der Waals surface area (Å²) in [6, 6.07) is 8.08. The number of ether oxygens (including phenoxy) is 1. The fourth-order valence-electron chi connectivity index (χ4n) is 1.42. The number of rotatable bonds is 3. The SMILES string of the molecule is COc1cc(-c2ccc(C(=O)O)o2)ccc1Cl. The molecule has 1 aromatic carbocycles. The van der Waals surface area contributed by atoms with Gasteiger partial charge in [0.25, 0.3) is 0 Å². The van der Waals surface area contributed by atoms with Crippen molar-refractivity contribution in [1.82, 2.24) is 0 Å². The summed E-state index contributed by atoms with van der Waals surface area (Å²) in [6.07, 6.45) is 0. The minimum absolute atomic E-state index is 0.103. The molecule has 1 N–H and O–H groups in total. The van der Waals surface area contributed by atoms with E-state index >= 15 is 0 Å². The van der Waals surface area contributed by atoms with E-state index in [0.29, 0.717) is 22.1 Å². The second kappa shape index (κ2) is 4.51. The van der Waals surface area contributed by atoms with Crippen molar-refractivity contribution in [3.8, 4) is 17.1 Å². The molecular weight excluding hydrogens is 244 g/mol. The summed E-state index contributed by atoms with van der Waals surface area (Å²) in [5, 5.41) is 9.24. The van der Waals surface area contributed by atoms with Crippen LogP contribution in [0.2, 0.25) is 5.02 Å². The van der Waals surface area contributed by atoms with Crippen molar-refractivity contribution in [1.29, 1.82) is 0 Å². The highest BCUT2D eigenvalue weighted by Crippen LogP contribution is 2.31. The van der Waals surface area contributed by atoms with Gasteiger partial charge in [0, 0.05) is 5.56 Å². The Bertz CT molecular complexity index is 559. The molecule has 5 heteroatoms. The lowest BCUT2D eigenvalue weighted by atomic mass is 10.1. The van der Waals surface area contributed by atoms with E-state index in [4.69, 9.17) is 25.9 Å². The Morgan fingerprint density at radius 2 is 2.12 bits per heavy atom. The minimum Gasteiger partial charge on any atom is -0.495 e. The third-order valence-corrected chi connectivity index (χ3v) is 2.56. The maximum atomic E-state index is 10.7. The molecule has 0 unspecified atom stereocenters. The summed E-state index contributed by atoms with van der Waals surface area (Å²) in [5.41, 5.74) is 0.707. The van der Waals surface area contributed by atoms with Crippen molar-refractivity contribution in [2.45, 2.75) is 0 Å². The summed E-state index contributed by atoms with van der Waals surface area (Å²) in [6.45, 7) is 0. The number of methoxy groups -OCH3 is 1. The molecule has 0 aliphatic heterocycles. The third-order valence-electron chi connectivity index (χ3n) is 2.25. The molecule has 0 aliphatic rings. The number of hydrogen-bond acceptors (Lipinski definition) is 3. The van der Waals surface area contributed by atoms with Crippen LogP contribution < -0.4 is 4.74 Å². The third kappa shape index (κ3) is 2.26. The van der Waals surface area contributed by atoms with Crippen molar-refractivity contribution in [3.63, 3.8) is 0 Å². The molecule has 0 spiro atoms. The first-order valence-electron chi connectivity index (χ1n) is 4.79. The smallest absolute Gasteiger partial charge is 0.371 e. The van der Waals surface area contributed by atoms with E-state index < -0.39 is 5.97 Å². The zero-order valence-electron chi connectivity index (χ0n) is 8.94. The first-order valence-corrected chi connectivity index (χ1v) is 5.16. The molecule has 0 radical (unpaired) electrons. The normalized spacial score (nSPS) is 10.2. The van der Waals surface area contributed by atoms with Crippen LogP contribution in [0.3, 0.4) is 0 Å². The second-order valence-corrected chi connectivity index (χ2v) is 3.73. The maximum Gasteiger partial charge on any atom is 0.371 e. The number of furan rings is 1. The van der Waals surface area contributed by atoms with Crippen LogP contribution in [0.5, 0.6) is 5.75 Å². The van der Waals surface area contributed by atoms with E-state index in [1.807, 2.05) is 0 Å². The van der Waals surface area contributed by atoms with Gasteiger partial charge in [0.05, 0.1) is 12.1 Å². The molecule has 4 nitrogen and oxygen atoms in total. The summed E-state index contributed by atoms with van der Waals surface area (Å²) in [4.78, 5) is 10.7. The van der Waals surface area contributed by atoms with Crippen LogP contribution in [0.4, 0.5) is 0 Å². The highest BCUT2D eigenvalue weighted by Gasteiger charge is 2.11. The van der Waals surface area contributed by atoms with Crippen LogP contribution in [0.1, 0.15) is 10.6 Å². The Morgan fingerprint density at radius 1 is 1.35 bits per heavy atom. The Balaban J connectivity index is 2.42. The first-order chi connectivity index (χ1) is 8.11. The van der Waals surface area contributed by atoms with Gasteiger partial charge in [-0.2, -0.15) is 0 Å². The van der Waals surface area contributed by atoms with E-state index in [0.717, 1.165) is 0 Å². The van der Waals surface area contributed by atoms with E-state index in [1.165, 1.54) is 13.2 Å². The topological polar surface area (TPSA) is 59.7 Å². The van der Waals surface area contributed by atoms with Gasteiger partial charge < -0.3 is 14.3 Å². The molecule has 1 aromatic heterocycles. The summed E-state index contributed by atoms with van der Waals surface area (Å²) in [5.74, 6) is -0.235. The number of benzene rings is 1. The van der Waals surface area contributed by atoms with Gasteiger partial charge in [0.15, 0.2) is 0 Å². The van der Waals surface area contributed by atoms with Crippen molar-refractivity contribution >= 4 is 17.6 Å². The van der Waals surface area contributed by atoms with E-state index in [9.17, 15) is 4.79 Å². The standard InChI is InChI=1S/C12H9ClO4/c1-16-11-6-7(2-3-8(11)13)9-4-5-10(17-9)12(14)15/h2-6H,1H3,(H,14,15). The Hall–Kier alpha value is -1.94. The van der Waals surface area contributed by atoms with Crippen LogP contribution in [0.25, 0.3) is 11.3 Å². The van der Waals surface area contributed by atoms with Crippen molar-refractivity contribution < 1.29 is 19.1 Å². The molecular formula is C12H9ClO4. The molecule has 1 heterocycles. The zero-order valence-corrected chi connectivity index (χ0v) is 9.69. The largest absolute Gasteiger partial charge is 0.495 e. The Morgan fingerprint density at radius 3 is 2.71 bits per heavy atom. The van der Waals surface area contributed by atoms with Gasteiger partial charge in [-0.25, -0.2) is 4.79 Å². The average Bonchev–Trinajstić information content (AvgIpc) is 2.79. The van der Waals surface area contributed by atoms with Crippen LogP contribution in [-0.4, -0.2) is 18.2 Å². The molecule has 2 rings (SSSR count). The predicted octanol–water partition coefficient (Wildman–Crippen LogP) is 3.31. The minimum atomic E-state index is -1.10. The van der Waals surface area contributed by atoms with Crippen molar-refractivity contribution in [2.75, 3.05) is 7.11 Å². The van der Waals surface area contributed by atoms with Crippen molar-refractivity contribution in [3.05, 3.63) is 41.1 Å². The van der Waals surface area contributed by atoms with E-state index in [-0.39, 0.29) is 5.76 Å². The fourth-order valence-corrected chi connectivity index (χ4v) is 1.62. The van der Waals surface area contributed by atoms with Gasteiger partial charge in [-0.3, -0.25) is 0 Å². The van der Waals surface area contributed by atoms with Crippen LogP contribution in [-0.2, 0) is 0 Å². The van der Waals surface area contributed by atoms with E-state index in [1.54, 1.807) is 24.3 Å². The number of hydrogen-bond donors (Lipinski definition) is 1. The number of halogens is 1. The highest BCUT2D eigenvalue weighted by molar-refractivity contribution is 6.32. The molecule has 88 valence electrons. The first kappa shape index (κ1) is 11.5. The lowest BCUT2D eigenvalue weighted by molar-refractivity contribution is 0.0663. The van der Waals surface area contributed by atoms with Crippen LogP contribution in [0.15, 0.2) is 34.7 Å². The quantitative estimate of drug-likeness (QED) is 0.910. The molecule has 2 aromatic rings. The van der Waals surface area contributed by atoms with Gasteiger partial charge in [-0.15, -0.1) is 0 Å². The zero-order chi connectivity index (χ0) is 12.4. The number of carboxylic acid groups (broad SMARTS) is 1. The average molecular weight is 253 g/mol. The molecule has 0 saturated heterocycles. The highest BCUT2D eigenvalue weighted by atomic mass is 35.5.